The highest BCUT2D eigenvalue weighted by Crippen LogP contribution is 2.35. The van der Waals surface area contributed by atoms with Crippen molar-refractivity contribution >= 4 is 16.2 Å². The van der Waals surface area contributed by atoms with Crippen molar-refractivity contribution in [3.8, 4) is 0 Å². The summed E-state index contributed by atoms with van der Waals surface area (Å²) in [6.45, 7) is 3.07. The van der Waals surface area contributed by atoms with E-state index in [-0.39, 0.29) is 29.1 Å². The molecule has 12 heavy (non-hydrogen) atoms. The predicted molar refractivity (Wildman–Crippen MR) is 45.6 cm³/mol. The third-order valence-corrected chi connectivity index (χ3v) is 0.846. The molecule has 0 aliphatic carbocycles. The van der Waals surface area contributed by atoms with Gasteiger partial charge in [-0.25, -0.2) is 4.57 Å². The molecule has 78 valence electrons. The molecule has 0 amide bonds. The molecule has 0 aliphatic rings. The second kappa shape index (κ2) is 13.3. The van der Waals surface area contributed by atoms with Crippen LogP contribution in [0.3, 0.4) is 0 Å². The van der Waals surface area contributed by atoms with Gasteiger partial charge in [-0.15, -0.1) is 6.58 Å². The molecule has 2 N–H and O–H groups in total. The van der Waals surface area contributed by atoms with Crippen molar-refractivity contribution in [1.29, 1.82) is 0 Å². The van der Waals surface area contributed by atoms with Gasteiger partial charge in [0.15, 0.2) is 0 Å². The molecule has 0 fully saturated rings. The van der Waals surface area contributed by atoms with Crippen LogP contribution in [-0.4, -0.2) is 24.8 Å². The van der Waals surface area contributed by atoms with Crippen LogP contribution in [0.4, 0.5) is 14.1 Å². The van der Waals surface area contributed by atoms with Gasteiger partial charge in [0, 0.05) is 0 Å². The van der Waals surface area contributed by atoms with Crippen molar-refractivity contribution < 1.29 is 33.0 Å². The Bertz CT molecular complexity index is 129. The molecule has 0 saturated carbocycles. The van der Waals surface area contributed by atoms with Gasteiger partial charge in [0.2, 0.25) is 0 Å². The molecule has 4 nitrogen and oxygen atoms in total. The van der Waals surface area contributed by atoms with Gasteiger partial charge >= 0.3 is 7.82 Å². The highest BCUT2D eigenvalue weighted by molar-refractivity contribution is 7.46. The first-order chi connectivity index (χ1) is 3.56. The van der Waals surface area contributed by atoms with Gasteiger partial charge in [-0.1, -0.05) is 6.08 Å². The summed E-state index contributed by atoms with van der Waals surface area (Å²) in [6, 6.07) is 0. The molecule has 0 heterocycles. The minimum absolute atomic E-state index is 0. The fraction of sp³-hybridized carbons (Fsp3) is 0.333. The van der Waals surface area contributed by atoms with Crippen molar-refractivity contribution in [2.45, 2.75) is 0 Å². The Labute approximate surface area is 69.5 Å². The van der Waals surface area contributed by atoms with Crippen LogP contribution in [0.1, 0.15) is 0 Å². The third kappa shape index (κ3) is 33.2. The van der Waals surface area contributed by atoms with E-state index in [2.05, 4.69) is 11.1 Å². The van der Waals surface area contributed by atoms with Crippen LogP contribution in [0.5, 0.6) is 0 Å². The van der Waals surface area contributed by atoms with E-state index >= 15 is 0 Å². The van der Waals surface area contributed by atoms with Crippen LogP contribution in [0.2, 0.25) is 0 Å². The minimum Gasteiger partial charge on any atom is -0.303 e. The van der Waals surface area contributed by atoms with Crippen LogP contribution < -0.4 is 0 Å². The van der Waals surface area contributed by atoms with Crippen LogP contribution in [0.15, 0.2) is 12.7 Å². The highest BCUT2D eigenvalue weighted by atomic mass is 31.2. The predicted octanol–water partition coefficient (Wildman–Crippen LogP) is -0.445. The molecule has 0 bridgehead atoms. The molecule has 0 aliphatic heterocycles. The summed E-state index contributed by atoms with van der Waals surface area (Å²) in [6.07, 6.45) is 1.26. The van der Waals surface area contributed by atoms with Gasteiger partial charge in [-0.3, -0.25) is 18.6 Å². The smallest absolute Gasteiger partial charge is 0.303 e. The summed E-state index contributed by atoms with van der Waals surface area (Å²) >= 11 is 0. The van der Waals surface area contributed by atoms with Crippen LogP contribution in [0, 0.1) is 0 Å². The Morgan fingerprint density at radius 3 is 1.75 bits per heavy atom. The SMILES string of the molecule is B.C=CCOP(=O)(O)O.F.F.F. The molecule has 0 atom stereocenters. The van der Waals surface area contributed by atoms with E-state index in [1.807, 2.05) is 0 Å². The van der Waals surface area contributed by atoms with Crippen molar-refractivity contribution in [1.82, 2.24) is 0 Å². The second-order valence-corrected chi connectivity index (χ2v) is 2.31. The summed E-state index contributed by atoms with van der Waals surface area (Å²) < 4.78 is 13.7. The van der Waals surface area contributed by atoms with Gasteiger partial charge < -0.3 is 9.79 Å². The zero-order valence-electron chi connectivity index (χ0n) is 5.37. The first-order valence-corrected chi connectivity index (χ1v) is 3.40. The molecule has 0 aromatic rings. The Morgan fingerprint density at radius 1 is 1.33 bits per heavy atom. The van der Waals surface area contributed by atoms with E-state index in [4.69, 9.17) is 9.79 Å². The molecule has 0 saturated heterocycles. The lowest BCUT2D eigenvalue weighted by Crippen LogP contribution is -1.86. The second-order valence-electron chi connectivity index (χ2n) is 1.08. The fourth-order valence-corrected chi connectivity index (χ4v) is 0.449. The van der Waals surface area contributed by atoms with Gasteiger partial charge in [0.1, 0.15) is 0 Å². The molecule has 0 aromatic heterocycles. The summed E-state index contributed by atoms with van der Waals surface area (Å²) in [5.41, 5.74) is 0. The number of rotatable bonds is 3. The molecule has 9 heteroatoms. The van der Waals surface area contributed by atoms with Crippen LogP contribution in [-0.2, 0) is 9.09 Å². The fourth-order valence-electron chi connectivity index (χ4n) is 0.150. The van der Waals surface area contributed by atoms with Gasteiger partial charge in [-0.2, -0.15) is 0 Å². The lowest BCUT2D eigenvalue weighted by molar-refractivity contribution is 0.216. The van der Waals surface area contributed by atoms with E-state index in [1.54, 1.807) is 0 Å². The normalized spacial score (nSPS) is 7.50. The number of halogens is 3. The van der Waals surface area contributed by atoms with Crippen molar-refractivity contribution in [3.05, 3.63) is 12.7 Å². The minimum atomic E-state index is -4.25. The number of phosphoric ester groups is 1. The standard InChI is InChI=1S/C3H7O4P.BH3.3FH/c1-2-3-7-8(4,5)6;;;;/h2H,1,3H2,(H2,4,5,6);1H3;3*1H. The highest BCUT2D eigenvalue weighted by Gasteiger charge is 2.10. The van der Waals surface area contributed by atoms with E-state index < -0.39 is 7.82 Å². The summed E-state index contributed by atoms with van der Waals surface area (Å²) in [5.74, 6) is 0. The lowest BCUT2D eigenvalue weighted by atomic mass is 10.7. The topological polar surface area (TPSA) is 66.8 Å². The monoisotopic (exact) mass is 212 g/mol. The first-order valence-electron chi connectivity index (χ1n) is 1.87. The van der Waals surface area contributed by atoms with Crippen molar-refractivity contribution in [2.24, 2.45) is 0 Å². The largest absolute Gasteiger partial charge is 0.469 e. The van der Waals surface area contributed by atoms with Crippen molar-refractivity contribution in [3.63, 3.8) is 0 Å². The molecular weight excluding hydrogens is 199 g/mol. The number of hydrogen-bond acceptors (Lipinski definition) is 2. The van der Waals surface area contributed by atoms with Crippen LogP contribution >= 0.6 is 7.82 Å². The van der Waals surface area contributed by atoms with E-state index in [0.29, 0.717) is 0 Å². The van der Waals surface area contributed by atoms with Crippen molar-refractivity contribution in [2.75, 3.05) is 6.61 Å². The summed E-state index contributed by atoms with van der Waals surface area (Å²) in [4.78, 5) is 16.0. The molecule has 0 aromatic carbocycles. The van der Waals surface area contributed by atoms with E-state index in [0.717, 1.165) is 0 Å². The maximum atomic E-state index is 9.81. The molecule has 0 rings (SSSR count). The van der Waals surface area contributed by atoms with Crippen LogP contribution in [0.25, 0.3) is 0 Å². The third-order valence-electron chi connectivity index (χ3n) is 0.361. The molecule has 0 spiro atoms. The lowest BCUT2D eigenvalue weighted by Gasteiger charge is -1.98. The van der Waals surface area contributed by atoms with Gasteiger partial charge in [0.05, 0.1) is 15.0 Å². The Balaban J connectivity index is -0.0000000408. The van der Waals surface area contributed by atoms with Gasteiger partial charge in [0.25, 0.3) is 0 Å². The zero-order valence-corrected chi connectivity index (χ0v) is 6.27. The number of hydrogen-bond donors (Lipinski definition) is 2. The van der Waals surface area contributed by atoms with E-state index in [9.17, 15) is 4.57 Å². The summed E-state index contributed by atoms with van der Waals surface area (Å²) in [5, 5.41) is 0. The average Bonchev–Trinajstić information content (AvgIpc) is 1.59. The maximum absolute atomic E-state index is 9.81. The Morgan fingerprint density at radius 2 is 1.67 bits per heavy atom. The first kappa shape index (κ1) is 29.8. The van der Waals surface area contributed by atoms with Gasteiger partial charge in [-0.05, 0) is 0 Å². The molecular formula is C3H13BF3O4P. The number of phosphoric acid groups is 1. The summed E-state index contributed by atoms with van der Waals surface area (Å²) in [7, 11) is -4.25. The molecule has 0 unspecified atom stereocenters. The van der Waals surface area contributed by atoms with E-state index in [1.165, 1.54) is 6.08 Å². The maximum Gasteiger partial charge on any atom is 0.469 e. The average molecular weight is 212 g/mol. The molecule has 0 radical (unpaired) electrons. The zero-order chi connectivity index (χ0) is 6.62. The Kier molecular flexibility index (Phi) is 33.1. The Hall–Kier alpha value is -0.295. The quantitative estimate of drug-likeness (QED) is 0.378.